The van der Waals surface area contributed by atoms with Gasteiger partial charge < -0.3 is 14.3 Å². The third kappa shape index (κ3) is 3.05. The first-order chi connectivity index (χ1) is 12.2. The second-order valence-corrected chi connectivity index (χ2v) is 5.32. The summed E-state index contributed by atoms with van der Waals surface area (Å²) in [6.45, 7) is 0.156. The van der Waals surface area contributed by atoms with E-state index >= 15 is 0 Å². The number of amides is 1. The maximum Gasteiger partial charge on any atom is 0.272 e. The molecule has 25 heavy (non-hydrogen) atoms. The van der Waals surface area contributed by atoms with Gasteiger partial charge in [-0.3, -0.25) is 9.59 Å². The first-order valence-electron chi connectivity index (χ1n) is 7.47. The molecule has 0 aliphatic heterocycles. The average molecular weight is 336 g/mol. The van der Waals surface area contributed by atoms with E-state index in [0.717, 1.165) is 11.0 Å². The highest BCUT2D eigenvalue weighted by atomic mass is 16.5. The first-order valence-corrected chi connectivity index (χ1v) is 7.47. The summed E-state index contributed by atoms with van der Waals surface area (Å²) in [5.41, 5.74) is 1.03. The van der Waals surface area contributed by atoms with E-state index in [0.29, 0.717) is 17.2 Å². The Bertz CT molecular complexity index is 1060. The number of fused-ring (bicyclic) bond motifs is 1. The van der Waals surface area contributed by atoms with Crippen LogP contribution < -0.4 is 10.9 Å². The Morgan fingerprint density at radius 2 is 2.00 bits per heavy atom. The van der Waals surface area contributed by atoms with Crippen molar-refractivity contribution in [3.8, 4) is 11.5 Å². The lowest BCUT2D eigenvalue weighted by molar-refractivity contribution is 0.0944. The normalized spacial score (nSPS) is 10.9. The van der Waals surface area contributed by atoms with E-state index in [4.69, 9.17) is 8.94 Å². The molecule has 2 N–H and O–H groups in total. The fourth-order valence-electron chi connectivity index (χ4n) is 2.35. The topological polar surface area (TPSA) is 114 Å². The summed E-state index contributed by atoms with van der Waals surface area (Å²) < 4.78 is 11.0. The molecule has 4 aromatic rings. The summed E-state index contributed by atoms with van der Waals surface area (Å²) in [4.78, 5) is 22.9. The molecular weight excluding hydrogens is 324 g/mol. The number of furan rings is 1. The van der Waals surface area contributed by atoms with Crippen LogP contribution in [0.4, 0.5) is 0 Å². The van der Waals surface area contributed by atoms with Crippen molar-refractivity contribution < 1.29 is 13.7 Å². The van der Waals surface area contributed by atoms with Crippen molar-refractivity contribution in [2.45, 2.75) is 6.54 Å². The van der Waals surface area contributed by atoms with Gasteiger partial charge in [0.05, 0.1) is 6.54 Å². The van der Waals surface area contributed by atoms with Crippen LogP contribution in [-0.4, -0.2) is 21.3 Å². The molecule has 3 heterocycles. The second kappa shape index (κ2) is 6.08. The number of aromatic nitrogens is 3. The Morgan fingerprint density at radius 1 is 1.12 bits per heavy atom. The first kappa shape index (κ1) is 14.9. The SMILES string of the molecule is O=C(NCc1cc(-c2cc3ccccc3o2)on1)c1ccc(=O)[nH]n1. The maximum atomic E-state index is 12.0. The summed E-state index contributed by atoms with van der Waals surface area (Å²) in [5.74, 6) is 0.612. The monoisotopic (exact) mass is 336 g/mol. The van der Waals surface area contributed by atoms with Crippen molar-refractivity contribution in [2.75, 3.05) is 0 Å². The van der Waals surface area contributed by atoms with Crippen LogP contribution in [0.5, 0.6) is 0 Å². The van der Waals surface area contributed by atoms with E-state index in [1.807, 2.05) is 30.3 Å². The molecule has 124 valence electrons. The van der Waals surface area contributed by atoms with Crippen molar-refractivity contribution >= 4 is 16.9 Å². The minimum Gasteiger partial charge on any atom is -0.453 e. The highest BCUT2D eigenvalue weighted by Gasteiger charge is 2.13. The number of carbonyl (C=O) groups excluding carboxylic acids is 1. The molecule has 0 radical (unpaired) electrons. The van der Waals surface area contributed by atoms with Crippen LogP contribution >= 0.6 is 0 Å². The van der Waals surface area contributed by atoms with Gasteiger partial charge in [0, 0.05) is 17.5 Å². The lowest BCUT2D eigenvalue weighted by Gasteiger charge is -2.00. The zero-order valence-corrected chi connectivity index (χ0v) is 12.9. The zero-order chi connectivity index (χ0) is 17.2. The van der Waals surface area contributed by atoms with Crippen molar-refractivity contribution in [3.05, 3.63) is 70.3 Å². The minimum absolute atomic E-state index is 0.112. The standard InChI is InChI=1S/C17H12N4O4/c22-16-6-5-12(19-20-16)17(23)18-9-11-8-15(25-21-11)14-7-10-3-1-2-4-13(10)24-14/h1-8H,9H2,(H,18,23)(H,20,22). The molecule has 3 aromatic heterocycles. The van der Waals surface area contributed by atoms with Gasteiger partial charge in [-0.1, -0.05) is 23.4 Å². The Morgan fingerprint density at radius 3 is 2.80 bits per heavy atom. The minimum atomic E-state index is -0.426. The van der Waals surface area contributed by atoms with Gasteiger partial charge in [0.15, 0.2) is 5.76 Å². The lowest BCUT2D eigenvalue weighted by Crippen LogP contribution is -2.25. The fraction of sp³-hybridized carbons (Fsp3) is 0.0588. The van der Waals surface area contributed by atoms with Crippen LogP contribution in [-0.2, 0) is 6.54 Å². The van der Waals surface area contributed by atoms with Crippen LogP contribution in [0.25, 0.3) is 22.5 Å². The molecule has 0 unspecified atom stereocenters. The Hall–Kier alpha value is -3.68. The van der Waals surface area contributed by atoms with E-state index in [1.165, 1.54) is 12.1 Å². The Labute approximate surface area is 140 Å². The highest BCUT2D eigenvalue weighted by Crippen LogP contribution is 2.28. The van der Waals surface area contributed by atoms with Crippen molar-refractivity contribution in [2.24, 2.45) is 0 Å². The number of hydrogen-bond donors (Lipinski definition) is 2. The van der Waals surface area contributed by atoms with Gasteiger partial charge in [-0.15, -0.1) is 0 Å². The van der Waals surface area contributed by atoms with Gasteiger partial charge >= 0.3 is 0 Å². The van der Waals surface area contributed by atoms with Gasteiger partial charge in [0.25, 0.3) is 11.5 Å². The summed E-state index contributed by atoms with van der Waals surface area (Å²) >= 11 is 0. The van der Waals surface area contributed by atoms with Crippen LogP contribution in [0.2, 0.25) is 0 Å². The Kier molecular flexibility index (Phi) is 3.62. The number of rotatable bonds is 4. The van der Waals surface area contributed by atoms with Gasteiger partial charge in [-0.2, -0.15) is 5.10 Å². The van der Waals surface area contributed by atoms with Gasteiger partial charge in [0.1, 0.15) is 17.0 Å². The predicted molar refractivity (Wildman–Crippen MR) is 87.7 cm³/mol. The molecule has 8 nitrogen and oxygen atoms in total. The molecule has 0 aliphatic rings. The summed E-state index contributed by atoms with van der Waals surface area (Å²) in [7, 11) is 0. The third-order valence-corrected chi connectivity index (χ3v) is 3.57. The number of carbonyl (C=O) groups is 1. The predicted octanol–water partition coefficient (Wildman–Crippen LogP) is 2.10. The molecule has 0 aliphatic carbocycles. The van der Waals surface area contributed by atoms with Crippen LogP contribution in [0.3, 0.4) is 0 Å². The largest absolute Gasteiger partial charge is 0.453 e. The molecule has 8 heteroatoms. The molecule has 0 spiro atoms. The van der Waals surface area contributed by atoms with Gasteiger partial charge in [-0.05, 0) is 18.2 Å². The summed E-state index contributed by atoms with van der Waals surface area (Å²) in [6.07, 6.45) is 0. The molecule has 1 aromatic carbocycles. The fourth-order valence-corrected chi connectivity index (χ4v) is 2.35. The lowest BCUT2D eigenvalue weighted by atomic mass is 10.2. The molecule has 0 atom stereocenters. The van der Waals surface area contributed by atoms with Crippen LogP contribution in [0, 0.1) is 0 Å². The van der Waals surface area contributed by atoms with Crippen LogP contribution in [0.1, 0.15) is 16.2 Å². The van der Waals surface area contributed by atoms with E-state index in [-0.39, 0.29) is 17.8 Å². The number of nitrogens with one attached hydrogen (secondary N) is 2. The number of H-pyrrole nitrogens is 1. The summed E-state index contributed by atoms with van der Waals surface area (Å²) in [5, 5.41) is 13.4. The van der Waals surface area contributed by atoms with Gasteiger partial charge in [0.2, 0.25) is 5.76 Å². The smallest absolute Gasteiger partial charge is 0.272 e. The number of benzene rings is 1. The maximum absolute atomic E-state index is 12.0. The van der Waals surface area contributed by atoms with E-state index in [2.05, 4.69) is 20.7 Å². The highest BCUT2D eigenvalue weighted by molar-refractivity contribution is 5.91. The second-order valence-electron chi connectivity index (χ2n) is 5.32. The van der Waals surface area contributed by atoms with Gasteiger partial charge in [-0.25, -0.2) is 5.10 Å². The molecular formula is C17H12N4O4. The van der Waals surface area contributed by atoms with E-state index in [1.54, 1.807) is 6.07 Å². The number of hydrogen-bond acceptors (Lipinski definition) is 6. The van der Waals surface area contributed by atoms with E-state index < -0.39 is 5.91 Å². The van der Waals surface area contributed by atoms with E-state index in [9.17, 15) is 9.59 Å². The molecule has 0 bridgehead atoms. The van der Waals surface area contributed by atoms with Crippen molar-refractivity contribution in [1.29, 1.82) is 0 Å². The molecule has 4 rings (SSSR count). The average Bonchev–Trinajstić information content (AvgIpc) is 3.26. The third-order valence-electron chi connectivity index (χ3n) is 3.57. The molecule has 0 saturated carbocycles. The quantitative estimate of drug-likeness (QED) is 0.590. The van der Waals surface area contributed by atoms with Crippen molar-refractivity contribution in [1.82, 2.24) is 20.7 Å². The zero-order valence-electron chi connectivity index (χ0n) is 12.9. The molecule has 0 saturated heterocycles. The van der Waals surface area contributed by atoms with Crippen LogP contribution in [0.15, 0.2) is 62.3 Å². The number of nitrogens with zero attached hydrogens (tertiary/aromatic N) is 2. The number of para-hydroxylation sites is 1. The van der Waals surface area contributed by atoms with Crippen molar-refractivity contribution in [3.63, 3.8) is 0 Å². The Balaban J connectivity index is 1.47. The molecule has 1 amide bonds. The summed E-state index contributed by atoms with van der Waals surface area (Å²) in [6, 6.07) is 13.8. The molecule has 0 fully saturated rings. The number of aromatic amines is 1.